The highest BCUT2D eigenvalue weighted by Gasteiger charge is 2.53. The molecule has 4 fully saturated rings. The second kappa shape index (κ2) is 6.26. The van der Waals surface area contributed by atoms with Gasteiger partial charge in [0, 0.05) is 6.54 Å². The monoisotopic (exact) mass is 382 g/mol. The number of nitrogens with one attached hydrogen (secondary N) is 2. The second-order valence-corrected chi connectivity index (χ2v) is 8.38. The van der Waals surface area contributed by atoms with Gasteiger partial charge in [0.1, 0.15) is 11.4 Å². The molecule has 3 aliphatic carbocycles. The molecule has 3 saturated carbocycles. The van der Waals surface area contributed by atoms with Crippen molar-refractivity contribution in [3.8, 4) is 5.75 Å². The van der Waals surface area contributed by atoms with Crippen LogP contribution in [0.3, 0.4) is 0 Å². The van der Waals surface area contributed by atoms with Crippen molar-refractivity contribution in [2.24, 2.45) is 11.8 Å². The summed E-state index contributed by atoms with van der Waals surface area (Å²) in [7, 11) is 0. The van der Waals surface area contributed by atoms with Gasteiger partial charge in [0.05, 0.1) is 10.2 Å². The zero-order valence-electron chi connectivity index (χ0n) is 14.1. The average Bonchev–Trinajstić information content (AvgIpc) is 3.19. The summed E-state index contributed by atoms with van der Waals surface area (Å²) in [6.45, 7) is -2.03. The molecule has 2 bridgehead atoms. The van der Waals surface area contributed by atoms with Gasteiger partial charge in [0.25, 0.3) is 0 Å². The van der Waals surface area contributed by atoms with E-state index in [1.807, 2.05) is 0 Å². The molecule has 1 aromatic carbocycles. The third kappa shape index (κ3) is 2.92. The lowest BCUT2D eigenvalue weighted by atomic mass is 9.62. The Bertz CT molecular complexity index is 811. The molecule has 1 spiro atoms. The van der Waals surface area contributed by atoms with E-state index in [4.69, 9.17) is 4.84 Å². The van der Waals surface area contributed by atoms with Gasteiger partial charge in [0.15, 0.2) is 0 Å². The predicted octanol–water partition coefficient (Wildman–Crippen LogP) is 3.93. The van der Waals surface area contributed by atoms with Crippen LogP contribution in [0.4, 0.5) is 13.9 Å². The van der Waals surface area contributed by atoms with Crippen LogP contribution < -0.4 is 15.6 Å². The third-order valence-electron chi connectivity index (χ3n) is 5.80. The molecule has 1 atom stereocenters. The summed E-state index contributed by atoms with van der Waals surface area (Å²) in [6.07, 6.45) is 6.24. The van der Waals surface area contributed by atoms with E-state index in [9.17, 15) is 8.78 Å². The summed E-state index contributed by atoms with van der Waals surface area (Å²) in [5, 5.41) is 2.20. The minimum Gasteiger partial charge on any atom is -0.435 e. The van der Waals surface area contributed by atoms with Gasteiger partial charge in [-0.3, -0.25) is 10.3 Å². The molecule has 6 rings (SSSR count). The van der Waals surface area contributed by atoms with Crippen molar-refractivity contribution in [1.29, 1.82) is 0 Å². The lowest BCUT2D eigenvalue weighted by Gasteiger charge is -2.47. The van der Waals surface area contributed by atoms with E-state index in [0.29, 0.717) is 11.0 Å². The van der Waals surface area contributed by atoms with E-state index in [1.54, 1.807) is 17.4 Å². The minimum absolute atomic E-state index is 0.108. The van der Waals surface area contributed by atoms with E-state index in [0.717, 1.165) is 29.1 Å². The Morgan fingerprint density at radius 3 is 2.92 bits per heavy atom. The Balaban J connectivity index is 1.29. The smallest absolute Gasteiger partial charge is 0.387 e. The summed E-state index contributed by atoms with van der Waals surface area (Å²) < 4.78 is 29.9. The lowest BCUT2D eigenvalue weighted by Crippen LogP contribution is -2.50. The number of rotatable bonds is 4. The van der Waals surface area contributed by atoms with Crippen LogP contribution in [0.1, 0.15) is 32.1 Å². The number of hydrogen-bond donors (Lipinski definition) is 2. The van der Waals surface area contributed by atoms with Gasteiger partial charge in [-0.25, -0.2) is 10.4 Å². The SMILES string of the molecule is FC(F)Oc1ccc2nc(NN3NC[C@]4(CC5CCC4CC5)O3)sc2c1. The molecular formula is C17H20F2N4O2S. The van der Waals surface area contributed by atoms with Gasteiger partial charge in [-0.2, -0.15) is 8.78 Å². The minimum atomic E-state index is -2.83. The van der Waals surface area contributed by atoms with Crippen LogP contribution in [-0.4, -0.2) is 29.0 Å². The Morgan fingerprint density at radius 1 is 1.35 bits per heavy atom. The number of anilines is 1. The van der Waals surface area contributed by atoms with E-state index in [1.165, 1.54) is 43.1 Å². The molecule has 26 heavy (non-hydrogen) atoms. The van der Waals surface area contributed by atoms with Gasteiger partial charge < -0.3 is 4.74 Å². The number of alkyl halides is 2. The van der Waals surface area contributed by atoms with Crippen LogP contribution in [0.2, 0.25) is 0 Å². The van der Waals surface area contributed by atoms with E-state index >= 15 is 0 Å². The predicted molar refractivity (Wildman–Crippen MR) is 93.6 cm³/mol. The van der Waals surface area contributed by atoms with Gasteiger partial charge in [-0.05, 0) is 67.4 Å². The summed E-state index contributed by atoms with van der Waals surface area (Å²) in [5.41, 5.74) is 7.03. The normalized spacial score (nSPS) is 31.3. The summed E-state index contributed by atoms with van der Waals surface area (Å²) in [4.78, 5) is 10.7. The standard InChI is InChI=1S/C17H20F2N4O2S/c18-15(19)24-12-5-6-13-14(7-12)26-16(21-13)22-23-20-9-17(25-23)8-10-1-3-11(17)4-2-10/h5-7,10-11,15,20H,1-4,8-9H2,(H,21,22)/t10?,11?,17-/m0/s1. The molecule has 6 nitrogen and oxygen atoms in total. The zero-order valence-corrected chi connectivity index (χ0v) is 14.9. The van der Waals surface area contributed by atoms with E-state index in [-0.39, 0.29) is 11.4 Å². The first-order chi connectivity index (χ1) is 12.6. The van der Waals surface area contributed by atoms with Crippen molar-refractivity contribution < 1.29 is 18.4 Å². The number of fused-ring (bicyclic) bond motifs is 3. The van der Waals surface area contributed by atoms with Crippen molar-refractivity contribution in [3.05, 3.63) is 18.2 Å². The van der Waals surface area contributed by atoms with Crippen LogP contribution in [0.25, 0.3) is 10.2 Å². The Morgan fingerprint density at radius 2 is 2.19 bits per heavy atom. The van der Waals surface area contributed by atoms with Gasteiger partial charge >= 0.3 is 6.61 Å². The van der Waals surface area contributed by atoms with Crippen molar-refractivity contribution in [2.45, 2.75) is 44.3 Å². The molecule has 0 radical (unpaired) electrons. The van der Waals surface area contributed by atoms with Crippen molar-refractivity contribution in [3.63, 3.8) is 0 Å². The molecule has 1 aromatic heterocycles. The van der Waals surface area contributed by atoms with Crippen LogP contribution in [0, 0.1) is 11.8 Å². The molecule has 1 aliphatic heterocycles. The number of hydrazine groups is 2. The highest BCUT2D eigenvalue weighted by Crippen LogP contribution is 2.50. The van der Waals surface area contributed by atoms with Gasteiger partial charge in [-0.15, -0.1) is 0 Å². The first-order valence-electron chi connectivity index (χ1n) is 8.94. The molecule has 140 valence electrons. The average molecular weight is 382 g/mol. The van der Waals surface area contributed by atoms with Crippen LogP contribution in [0.5, 0.6) is 5.75 Å². The van der Waals surface area contributed by atoms with Gasteiger partial charge in [0.2, 0.25) is 5.13 Å². The Hall–Kier alpha value is -1.55. The van der Waals surface area contributed by atoms with Crippen molar-refractivity contribution >= 4 is 26.7 Å². The van der Waals surface area contributed by atoms with Gasteiger partial charge in [-0.1, -0.05) is 11.3 Å². The topological polar surface area (TPSA) is 58.7 Å². The summed E-state index contributed by atoms with van der Waals surface area (Å²) in [5.74, 6) is 1.52. The molecule has 9 heteroatoms. The molecule has 2 aromatic rings. The second-order valence-electron chi connectivity index (χ2n) is 7.35. The fourth-order valence-corrected chi connectivity index (χ4v) is 5.48. The third-order valence-corrected chi connectivity index (χ3v) is 6.73. The quantitative estimate of drug-likeness (QED) is 0.836. The number of nitrogens with zero attached hydrogens (tertiary/aromatic N) is 2. The molecule has 4 aliphatic rings. The highest BCUT2D eigenvalue weighted by molar-refractivity contribution is 7.22. The van der Waals surface area contributed by atoms with Crippen LogP contribution >= 0.6 is 11.3 Å². The first-order valence-corrected chi connectivity index (χ1v) is 9.76. The number of thiazole rings is 1. The number of hydrogen-bond acceptors (Lipinski definition) is 7. The maximum absolute atomic E-state index is 12.4. The molecule has 0 unspecified atom stereocenters. The largest absolute Gasteiger partial charge is 0.435 e. The Kier molecular flexibility index (Phi) is 4.00. The maximum atomic E-state index is 12.4. The number of halogens is 2. The molecular weight excluding hydrogens is 362 g/mol. The highest BCUT2D eigenvalue weighted by atomic mass is 32.1. The fourth-order valence-electron chi connectivity index (χ4n) is 4.61. The number of ether oxygens (including phenoxy) is 1. The van der Waals surface area contributed by atoms with Crippen LogP contribution in [0.15, 0.2) is 18.2 Å². The molecule has 2 heterocycles. The lowest BCUT2D eigenvalue weighted by molar-refractivity contribution is -0.235. The fraction of sp³-hybridized carbons (Fsp3) is 0.588. The van der Waals surface area contributed by atoms with E-state index in [2.05, 4.69) is 20.6 Å². The molecule has 2 N–H and O–H groups in total. The summed E-state index contributed by atoms with van der Waals surface area (Å²) >= 11 is 1.37. The molecule has 0 amide bonds. The maximum Gasteiger partial charge on any atom is 0.387 e. The molecule has 1 saturated heterocycles. The van der Waals surface area contributed by atoms with Crippen molar-refractivity contribution in [2.75, 3.05) is 12.0 Å². The summed E-state index contributed by atoms with van der Waals surface area (Å²) in [6, 6.07) is 4.75. The van der Waals surface area contributed by atoms with Crippen LogP contribution in [-0.2, 0) is 4.84 Å². The van der Waals surface area contributed by atoms with E-state index < -0.39 is 6.61 Å². The number of benzene rings is 1. The van der Waals surface area contributed by atoms with Crippen molar-refractivity contribution in [1.82, 2.24) is 15.7 Å². The Labute approximate surface area is 153 Å². The first kappa shape index (κ1) is 16.6. The number of aromatic nitrogens is 1. The zero-order chi connectivity index (χ0) is 17.7.